The Balaban J connectivity index is 1.43. The molecule has 0 aliphatic rings. The van der Waals surface area contributed by atoms with E-state index in [4.69, 9.17) is 4.42 Å². The van der Waals surface area contributed by atoms with Gasteiger partial charge in [0, 0.05) is 35.9 Å². The third kappa shape index (κ3) is 3.29. The molecule has 0 atom stereocenters. The molecule has 0 aromatic carbocycles. The SMILES string of the molecule is O=C(NCc1ccco1)c1ccn(-c2ccc3ccc(-c4cccnc4)cn23)n1. The summed E-state index contributed by atoms with van der Waals surface area (Å²) < 4.78 is 8.97. The van der Waals surface area contributed by atoms with E-state index < -0.39 is 0 Å². The van der Waals surface area contributed by atoms with Gasteiger partial charge in [0.25, 0.3) is 5.91 Å². The maximum absolute atomic E-state index is 12.4. The van der Waals surface area contributed by atoms with E-state index in [9.17, 15) is 4.79 Å². The topological polar surface area (TPSA) is 77.4 Å². The quantitative estimate of drug-likeness (QED) is 0.502. The van der Waals surface area contributed by atoms with Gasteiger partial charge in [-0.25, -0.2) is 4.68 Å². The number of fused-ring (bicyclic) bond motifs is 1. The monoisotopic (exact) mass is 383 g/mol. The molecule has 5 aromatic heterocycles. The second-order valence-electron chi connectivity index (χ2n) is 6.55. The molecule has 142 valence electrons. The molecule has 0 bridgehead atoms. The highest BCUT2D eigenvalue weighted by Crippen LogP contribution is 2.22. The second-order valence-corrected chi connectivity index (χ2v) is 6.55. The normalized spacial score (nSPS) is 11.0. The van der Waals surface area contributed by atoms with Gasteiger partial charge in [0.1, 0.15) is 11.6 Å². The number of aromatic nitrogens is 4. The molecular weight excluding hydrogens is 366 g/mol. The number of nitrogens with one attached hydrogen (secondary N) is 1. The summed E-state index contributed by atoms with van der Waals surface area (Å²) in [4.78, 5) is 16.6. The molecule has 7 heteroatoms. The maximum atomic E-state index is 12.4. The summed E-state index contributed by atoms with van der Waals surface area (Å²) in [5.41, 5.74) is 3.46. The Kier molecular flexibility index (Phi) is 4.18. The first-order valence-electron chi connectivity index (χ1n) is 9.16. The lowest BCUT2D eigenvalue weighted by Gasteiger charge is -2.06. The number of rotatable bonds is 5. The van der Waals surface area contributed by atoms with Crippen LogP contribution in [0.4, 0.5) is 0 Å². The van der Waals surface area contributed by atoms with Gasteiger partial charge in [-0.1, -0.05) is 12.1 Å². The first-order valence-corrected chi connectivity index (χ1v) is 9.16. The van der Waals surface area contributed by atoms with Crippen LogP contribution in [0.15, 0.2) is 90.1 Å². The first kappa shape index (κ1) is 17.0. The summed E-state index contributed by atoms with van der Waals surface area (Å²) in [7, 11) is 0. The summed E-state index contributed by atoms with van der Waals surface area (Å²) in [6.45, 7) is 0.321. The van der Waals surface area contributed by atoms with Crippen molar-refractivity contribution in [2.75, 3.05) is 0 Å². The van der Waals surface area contributed by atoms with Crippen LogP contribution in [-0.4, -0.2) is 25.1 Å². The standard InChI is InChI=1S/C22H17N5O2/c28-22(24-14-19-4-2-12-29-19)20-9-11-27(25-20)21-8-7-18-6-5-17(15-26(18)21)16-3-1-10-23-13-16/h1-13,15H,14H2,(H,24,28). The fraction of sp³-hybridized carbons (Fsp3) is 0.0455. The molecule has 0 spiro atoms. The lowest BCUT2D eigenvalue weighted by atomic mass is 10.1. The van der Waals surface area contributed by atoms with Crippen LogP contribution in [0.3, 0.4) is 0 Å². The van der Waals surface area contributed by atoms with Gasteiger partial charge in [0.05, 0.1) is 12.8 Å². The Morgan fingerprint density at radius 3 is 2.79 bits per heavy atom. The van der Waals surface area contributed by atoms with E-state index in [0.717, 1.165) is 22.5 Å². The van der Waals surface area contributed by atoms with Crippen LogP contribution in [0.5, 0.6) is 0 Å². The van der Waals surface area contributed by atoms with E-state index in [1.54, 1.807) is 35.5 Å². The van der Waals surface area contributed by atoms with Crippen molar-refractivity contribution in [2.45, 2.75) is 6.54 Å². The molecular formula is C22H17N5O2. The van der Waals surface area contributed by atoms with Crippen LogP contribution in [0.1, 0.15) is 16.2 Å². The lowest BCUT2D eigenvalue weighted by molar-refractivity contribution is 0.0942. The van der Waals surface area contributed by atoms with E-state index in [2.05, 4.69) is 21.5 Å². The van der Waals surface area contributed by atoms with Crippen molar-refractivity contribution < 1.29 is 9.21 Å². The summed E-state index contributed by atoms with van der Waals surface area (Å²) in [6, 6.07) is 17.3. The second kappa shape index (κ2) is 7.12. The third-order valence-electron chi connectivity index (χ3n) is 4.68. The summed E-state index contributed by atoms with van der Waals surface area (Å²) in [5.74, 6) is 1.28. The minimum absolute atomic E-state index is 0.253. The average Bonchev–Trinajstić information content (AvgIpc) is 3.52. The molecule has 5 heterocycles. The summed E-state index contributed by atoms with van der Waals surface area (Å²) in [5, 5.41) is 7.25. The van der Waals surface area contributed by atoms with Gasteiger partial charge in [0.2, 0.25) is 0 Å². The third-order valence-corrected chi connectivity index (χ3v) is 4.68. The van der Waals surface area contributed by atoms with Crippen molar-refractivity contribution in [3.63, 3.8) is 0 Å². The van der Waals surface area contributed by atoms with E-state index in [1.165, 1.54) is 0 Å². The van der Waals surface area contributed by atoms with Gasteiger partial charge in [-0.15, -0.1) is 0 Å². The Hall–Kier alpha value is -4.13. The minimum atomic E-state index is -0.253. The highest BCUT2D eigenvalue weighted by molar-refractivity contribution is 5.92. The zero-order valence-electron chi connectivity index (χ0n) is 15.4. The van der Waals surface area contributed by atoms with Gasteiger partial charge in [-0.3, -0.25) is 9.78 Å². The van der Waals surface area contributed by atoms with E-state index >= 15 is 0 Å². The molecule has 1 N–H and O–H groups in total. The molecule has 0 unspecified atom stereocenters. The van der Waals surface area contributed by atoms with Gasteiger partial charge < -0.3 is 14.1 Å². The number of pyridine rings is 2. The summed E-state index contributed by atoms with van der Waals surface area (Å²) in [6.07, 6.45) is 8.99. The Bertz CT molecular complexity index is 1270. The van der Waals surface area contributed by atoms with E-state index in [1.807, 2.05) is 53.2 Å². The van der Waals surface area contributed by atoms with Crippen molar-refractivity contribution in [3.8, 4) is 16.9 Å². The highest BCUT2D eigenvalue weighted by atomic mass is 16.3. The zero-order chi connectivity index (χ0) is 19.6. The van der Waals surface area contributed by atoms with Crippen LogP contribution < -0.4 is 5.32 Å². The lowest BCUT2D eigenvalue weighted by Crippen LogP contribution is -2.23. The number of amides is 1. The van der Waals surface area contributed by atoms with Crippen LogP contribution >= 0.6 is 0 Å². The van der Waals surface area contributed by atoms with Crippen LogP contribution in [0.2, 0.25) is 0 Å². The predicted molar refractivity (Wildman–Crippen MR) is 108 cm³/mol. The van der Waals surface area contributed by atoms with E-state index in [-0.39, 0.29) is 5.91 Å². The van der Waals surface area contributed by atoms with Gasteiger partial charge >= 0.3 is 0 Å². The maximum Gasteiger partial charge on any atom is 0.272 e. The molecule has 0 saturated heterocycles. The molecule has 0 fully saturated rings. The van der Waals surface area contributed by atoms with Crippen molar-refractivity contribution in [2.24, 2.45) is 0 Å². The molecule has 1 amide bonds. The molecule has 7 nitrogen and oxygen atoms in total. The molecule has 5 aromatic rings. The van der Waals surface area contributed by atoms with Gasteiger partial charge in [-0.2, -0.15) is 5.10 Å². The molecule has 5 rings (SSSR count). The van der Waals surface area contributed by atoms with Crippen molar-refractivity contribution >= 4 is 11.4 Å². The minimum Gasteiger partial charge on any atom is -0.467 e. The molecule has 0 radical (unpaired) electrons. The molecule has 0 saturated carbocycles. The summed E-state index contributed by atoms with van der Waals surface area (Å²) >= 11 is 0. The largest absolute Gasteiger partial charge is 0.467 e. The number of carbonyl (C=O) groups is 1. The highest BCUT2D eigenvalue weighted by Gasteiger charge is 2.12. The molecule has 29 heavy (non-hydrogen) atoms. The Morgan fingerprint density at radius 2 is 1.97 bits per heavy atom. The number of nitrogens with zero attached hydrogens (tertiary/aromatic N) is 4. The smallest absolute Gasteiger partial charge is 0.272 e. The zero-order valence-corrected chi connectivity index (χ0v) is 15.4. The molecule has 0 aliphatic heterocycles. The van der Waals surface area contributed by atoms with Crippen molar-refractivity contribution in [1.29, 1.82) is 0 Å². The number of carbonyl (C=O) groups excluding carboxylic acids is 1. The number of furan rings is 1. The van der Waals surface area contributed by atoms with Gasteiger partial charge in [0.15, 0.2) is 5.69 Å². The van der Waals surface area contributed by atoms with Crippen LogP contribution in [0, 0.1) is 0 Å². The number of hydrogen-bond acceptors (Lipinski definition) is 4. The van der Waals surface area contributed by atoms with Gasteiger partial charge in [-0.05, 0) is 48.0 Å². The van der Waals surface area contributed by atoms with E-state index in [0.29, 0.717) is 18.0 Å². The first-order chi connectivity index (χ1) is 14.3. The Labute approximate surface area is 166 Å². The fourth-order valence-corrected chi connectivity index (χ4v) is 3.22. The van der Waals surface area contributed by atoms with Crippen molar-refractivity contribution in [1.82, 2.24) is 24.5 Å². The predicted octanol–water partition coefficient (Wildman–Crippen LogP) is 3.71. The molecule has 0 aliphatic carbocycles. The fourth-order valence-electron chi connectivity index (χ4n) is 3.22. The van der Waals surface area contributed by atoms with Crippen molar-refractivity contribution in [3.05, 3.63) is 97.1 Å². The van der Waals surface area contributed by atoms with Crippen LogP contribution in [-0.2, 0) is 6.54 Å². The number of hydrogen-bond donors (Lipinski definition) is 1. The Morgan fingerprint density at radius 1 is 1.03 bits per heavy atom. The average molecular weight is 383 g/mol. The van der Waals surface area contributed by atoms with Crippen LogP contribution in [0.25, 0.3) is 22.5 Å².